The summed E-state index contributed by atoms with van der Waals surface area (Å²) in [4.78, 5) is 8.28. The van der Waals surface area contributed by atoms with Crippen molar-refractivity contribution in [3.05, 3.63) is 23.2 Å². The second-order valence-corrected chi connectivity index (χ2v) is 6.68. The fraction of sp³-hybridized carbons (Fsp3) is 0.643. The van der Waals surface area contributed by atoms with Crippen LogP contribution in [0.15, 0.2) is 12.5 Å². The fourth-order valence-corrected chi connectivity index (χ4v) is 3.42. The number of anilines is 1. The van der Waals surface area contributed by atoms with E-state index in [2.05, 4.69) is 24.6 Å². The lowest BCUT2D eigenvalue weighted by atomic mass is 10.3. The quantitative estimate of drug-likeness (QED) is 0.765. The molecule has 1 aliphatic heterocycles. The molecular formula is C14H19F3N6OS. The van der Waals surface area contributed by atoms with Gasteiger partial charge in [0.15, 0.2) is 0 Å². The average molecular weight is 376 g/mol. The molecule has 11 heteroatoms. The van der Waals surface area contributed by atoms with Crippen LogP contribution in [0.1, 0.15) is 10.7 Å². The molecule has 1 saturated heterocycles. The zero-order valence-electron chi connectivity index (χ0n) is 13.7. The molecule has 0 unspecified atom stereocenters. The Balaban J connectivity index is 1.54. The molecular weight excluding hydrogens is 357 g/mol. The summed E-state index contributed by atoms with van der Waals surface area (Å²) >= 11 is 0.597. The van der Waals surface area contributed by atoms with Crippen molar-refractivity contribution in [3.8, 4) is 0 Å². The number of halogens is 3. The van der Waals surface area contributed by atoms with Crippen LogP contribution in [0.25, 0.3) is 0 Å². The first kappa shape index (κ1) is 18.1. The molecule has 0 atom stereocenters. The number of imidazole rings is 1. The highest BCUT2D eigenvalue weighted by Crippen LogP contribution is 2.34. The van der Waals surface area contributed by atoms with Gasteiger partial charge in [0.1, 0.15) is 0 Å². The summed E-state index contributed by atoms with van der Waals surface area (Å²) in [5.41, 5.74) is 1.10. The van der Waals surface area contributed by atoms with E-state index in [4.69, 9.17) is 4.74 Å². The van der Waals surface area contributed by atoms with Gasteiger partial charge >= 0.3 is 6.18 Å². The number of alkyl halides is 3. The monoisotopic (exact) mass is 376 g/mol. The Morgan fingerprint density at radius 3 is 2.60 bits per heavy atom. The maximum Gasteiger partial charge on any atom is 0.445 e. The Labute approximate surface area is 147 Å². The first-order valence-corrected chi connectivity index (χ1v) is 8.65. The molecule has 3 rings (SSSR count). The molecule has 0 aromatic carbocycles. The van der Waals surface area contributed by atoms with E-state index in [9.17, 15) is 13.2 Å². The number of nitrogens with zero attached hydrogens (tertiary/aromatic N) is 6. The standard InChI is InChI=1S/C14H19F3N6OS/c1-24-7-6-23-10-18-8-11(23)9-21-2-4-22(5-3-21)13-20-19-12(25-13)14(15,16)17/h8,10H,2-7,9H2,1H3. The molecule has 1 fully saturated rings. The lowest BCUT2D eigenvalue weighted by molar-refractivity contribution is -0.138. The van der Waals surface area contributed by atoms with Gasteiger partial charge < -0.3 is 14.2 Å². The SMILES string of the molecule is COCCn1cncc1CN1CCN(c2nnc(C(F)(F)F)s2)CC1. The van der Waals surface area contributed by atoms with Gasteiger partial charge in [0.25, 0.3) is 0 Å². The van der Waals surface area contributed by atoms with Crippen LogP contribution >= 0.6 is 11.3 Å². The normalized spacial score (nSPS) is 16.6. The Bertz CT molecular complexity index is 680. The van der Waals surface area contributed by atoms with Crippen LogP contribution in [-0.2, 0) is 24.0 Å². The fourth-order valence-electron chi connectivity index (χ4n) is 2.65. The van der Waals surface area contributed by atoms with E-state index in [0.29, 0.717) is 36.2 Å². The highest BCUT2D eigenvalue weighted by molar-refractivity contribution is 7.15. The molecule has 25 heavy (non-hydrogen) atoms. The van der Waals surface area contributed by atoms with E-state index in [0.717, 1.165) is 31.9 Å². The van der Waals surface area contributed by atoms with Crippen LogP contribution in [0.5, 0.6) is 0 Å². The highest BCUT2D eigenvalue weighted by atomic mass is 32.1. The number of ether oxygens (including phenoxy) is 1. The first-order valence-electron chi connectivity index (χ1n) is 7.83. The van der Waals surface area contributed by atoms with Crippen molar-refractivity contribution < 1.29 is 17.9 Å². The predicted octanol–water partition coefficient (Wildman–Crippen LogP) is 1.72. The van der Waals surface area contributed by atoms with Crippen LogP contribution in [0.2, 0.25) is 0 Å². The average Bonchev–Trinajstić information content (AvgIpc) is 3.23. The van der Waals surface area contributed by atoms with E-state index < -0.39 is 11.2 Å². The van der Waals surface area contributed by atoms with E-state index in [1.54, 1.807) is 13.4 Å². The van der Waals surface area contributed by atoms with Crippen molar-refractivity contribution in [2.75, 3.05) is 44.8 Å². The molecule has 0 bridgehead atoms. The number of piperazine rings is 1. The summed E-state index contributed by atoms with van der Waals surface area (Å²) < 4.78 is 45.0. The maximum atomic E-state index is 12.6. The lowest BCUT2D eigenvalue weighted by Crippen LogP contribution is -2.46. The van der Waals surface area contributed by atoms with Crippen molar-refractivity contribution in [2.24, 2.45) is 0 Å². The number of hydrogen-bond donors (Lipinski definition) is 0. The van der Waals surface area contributed by atoms with Crippen LogP contribution in [0.3, 0.4) is 0 Å². The Hall–Kier alpha value is -1.72. The van der Waals surface area contributed by atoms with Gasteiger partial charge in [0, 0.05) is 52.6 Å². The Morgan fingerprint density at radius 1 is 1.20 bits per heavy atom. The third kappa shape index (κ3) is 4.47. The minimum Gasteiger partial charge on any atom is -0.383 e. The summed E-state index contributed by atoms with van der Waals surface area (Å²) in [5.74, 6) is 0. The van der Waals surface area contributed by atoms with Crippen LogP contribution in [0, 0.1) is 0 Å². The van der Waals surface area contributed by atoms with E-state index in [1.165, 1.54) is 0 Å². The highest BCUT2D eigenvalue weighted by Gasteiger charge is 2.36. The summed E-state index contributed by atoms with van der Waals surface area (Å²) in [6.45, 7) is 4.86. The molecule has 0 saturated carbocycles. The molecule has 7 nitrogen and oxygen atoms in total. The van der Waals surface area contributed by atoms with Gasteiger partial charge in [-0.15, -0.1) is 10.2 Å². The van der Waals surface area contributed by atoms with Crippen molar-refractivity contribution in [1.29, 1.82) is 0 Å². The van der Waals surface area contributed by atoms with Crippen LogP contribution < -0.4 is 4.90 Å². The topological polar surface area (TPSA) is 59.3 Å². The van der Waals surface area contributed by atoms with Crippen LogP contribution in [0.4, 0.5) is 18.3 Å². The molecule has 2 aromatic rings. The zero-order chi connectivity index (χ0) is 17.9. The van der Waals surface area contributed by atoms with Gasteiger partial charge in [-0.1, -0.05) is 11.3 Å². The summed E-state index contributed by atoms with van der Waals surface area (Å²) in [6, 6.07) is 0. The third-order valence-corrected chi connectivity index (χ3v) is 5.05. The molecule has 2 aromatic heterocycles. The van der Waals surface area contributed by atoms with Gasteiger partial charge in [-0.3, -0.25) is 4.90 Å². The van der Waals surface area contributed by atoms with E-state index >= 15 is 0 Å². The molecule has 0 spiro atoms. The van der Waals surface area contributed by atoms with Crippen molar-refractivity contribution in [2.45, 2.75) is 19.3 Å². The number of methoxy groups -OCH3 is 1. The van der Waals surface area contributed by atoms with Gasteiger partial charge in [0.2, 0.25) is 10.1 Å². The molecule has 0 radical (unpaired) electrons. The van der Waals surface area contributed by atoms with Gasteiger partial charge in [-0.25, -0.2) is 4.98 Å². The molecule has 0 amide bonds. The minimum atomic E-state index is -4.43. The van der Waals surface area contributed by atoms with Gasteiger partial charge in [-0.05, 0) is 0 Å². The lowest BCUT2D eigenvalue weighted by Gasteiger charge is -2.34. The zero-order valence-corrected chi connectivity index (χ0v) is 14.6. The predicted molar refractivity (Wildman–Crippen MR) is 86.5 cm³/mol. The molecule has 0 N–H and O–H groups in total. The molecule has 138 valence electrons. The first-order chi connectivity index (χ1) is 12.0. The third-order valence-electron chi connectivity index (χ3n) is 4.02. The number of aromatic nitrogens is 4. The molecule has 3 heterocycles. The van der Waals surface area contributed by atoms with Crippen molar-refractivity contribution in [1.82, 2.24) is 24.6 Å². The van der Waals surface area contributed by atoms with Crippen LogP contribution in [-0.4, -0.2) is 64.5 Å². The molecule has 0 aliphatic carbocycles. The summed E-state index contributed by atoms with van der Waals surface area (Å²) in [7, 11) is 1.66. The minimum absolute atomic E-state index is 0.331. The van der Waals surface area contributed by atoms with Crippen molar-refractivity contribution in [3.63, 3.8) is 0 Å². The summed E-state index contributed by atoms with van der Waals surface area (Å²) in [5, 5.41) is 6.36. The number of rotatable bonds is 6. The second kappa shape index (κ2) is 7.67. The Kier molecular flexibility index (Phi) is 5.54. The van der Waals surface area contributed by atoms with Gasteiger partial charge in [0.05, 0.1) is 18.6 Å². The molecule has 1 aliphatic rings. The van der Waals surface area contributed by atoms with Crippen molar-refractivity contribution >= 4 is 16.5 Å². The smallest absolute Gasteiger partial charge is 0.383 e. The van der Waals surface area contributed by atoms with E-state index in [-0.39, 0.29) is 0 Å². The Morgan fingerprint density at radius 2 is 1.96 bits per heavy atom. The maximum absolute atomic E-state index is 12.6. The van der Waals surface area contributed by atoms with E-state index in [1.807, 2.05) is 11.1 Å². The number of hydrogen-bond acceptors (Lipinski definition) is 7. The largest absolute Gasteiger partial charge is 0.445 e. The second-order valence-electron chi connectivity index (χ2n) is 5.72. The van der Waals surface area contributed by atoms with Gasteiger partial charge in [-0.2, -0.15) is 13.2 Å². The summed E-state index contributed by atoms with van der Waals surface area (Å²) in [6.07, 6.45) is -0.814.